The van der Waals surface area contributed by atoms with E-state index in [4.69, 9.17) is 14.6 Å². The van der Waals surface area contributed by atoms with Crippen LogP contribution in [-0.2, 0) is 24.9 Å². The quantitative estimate of drug-likeness (QED) is 0.0944. The third kappa shape index (κ3) is 9.04. The number of benzene rings is 6. The molecule has 3 heterocycles. The molecule has 2 saturated heterocycles. The van der Waals surface area contributed by atoms with Gasteiger partial charge in [-0.2, -0.15) is 18.3 Å². The van der Waals surface area contributed by atoms with E-state index in [1.165, 1.54) is 37.4 Å². The fourth-order valence-corrected chi connectivity index (χ4v) is 10.7. The third-order valence-corrected chi connectivity index (χ3v) is 14.6. The maximum absolute atomic E-state index is 15.2. The van der Waals surface area contributed by atoms with E-state index in [1.807, 2.05) is 103 Å². The predicted octanol–water partition coefficient (Wildman–Crippen LogP) is 8.94. The molecule has 2 aliphatic rings. The van der Waals surface area contributed by atoms with Gasteiger partial charge in [0.15, 0.2) is 5.82 Å². The van der Waals surface area contributed by atoms with Crippen molar-refractivity contribution in [1.82, 2.24) is 14.7 Å². The van der Waals surface area contributed by atoms with Gasteiger partial charge in [-0.3, -0.25) is 9.59 Å². The Bertz CT molecular complexity index is 3010. The normalized spacial score (nSPS) is 15.2. The summed E-state index contributed by atoms with van der Waals surface area (Å²) < 4.78 is 100. The molecule has 1 N–H and O–H groups in total. The molecule has 17 heteroatoms. The predicted molar refractivity (Wildman–Crippen MR) is 254 cm³/mol. The number of alkyl halides is 3. The molecule has 12 nitrogen and oxygen atoms in total. The first-order valence-electron chi connectivity index (χ1n) is 22.4. The Morgan fingerprint density at radius 3 is 1.91 bits per heavy atom. The Morgan fingerprint density at radius 1 is 0.754 bits per heavy atom. The van der Waals surface area contributed by atoms with E-state index in [0.717, 1.165) is 28.8 Å². The summed E-state index contributed by atoms with van der Waals surface area (Å²) in [5.74, 6) is -4.06. The largest absolute Gasteiger partial charge is 0.497 e. The van der Waals surface area contributed by atoms with Crippen LogP contribution < -0.4 is 19.9 Å². The summed E-state index contributed by atoms with van der Waals surface area (Å²) in [6.45, 7) is 2.67. The minimum absolute atomic E-state index is 0.0259. The molecule has 356 valence electrons. The molecule has 0 aliphatic carbocycles. The van der Waals surface area contributed by atoms with Crippen LogP contribution in [0.25, 0.3) is 10.9 Å². The number of sulfone groups is 1. The lowest BCUT2D eigenvalue weighted by atomic mass is 9.77. The van der Waals surface area contributed by atoms with Gasteiger partial charge in [0.05, 0.1) is 33.7 Å². The van der Waals surface area contributed by atoms with Gasteiger partial charge in [-0.15, -0.1) is 0 Å². The maximum Gasteiger partial charge on any atom is 0.471 e. The number of hydrogen-bond donors (Lipinski definition) is 1. The smallest absolute Gasteiger partial charge is 0.471 e. The number of piperazine rings is 1. The fraction of sp³-hybridized carbons (Fsp3) is 0.250. The average molecular weight is 961 g/mol. The van der Waals surface area contributed by atoms with Crippen molar-refractivity contribution in [2.24, 2.45) is 0 Å². The summed E-state index contributed by atoms with van der Waals surface area (Å²) in [5.41, 5.74) is 1.30. The van der Waals surface area contributed by atoms with Crippen molar-refractivity contribution in [2.45, 2.75) is 40.4 Å². The third-order valence-electron chi connectivity index (χ3n) is 12.8. The van der Waals surface area contributed by atoms with Crippen molar-refractivity contribution in [1.29, 1.82) is 0 Å². The van der Waals surface area contributed by atoms with Crippen molar-refractivity contribution in [3.63, 3.8) is 0 Å². The second-order valence-corrected chi connectivity index (χ2v) is 19.0. The van der Waals surface area contributed by atoms with E-state index in [-0.39, 0.29) is 59.2 Å². The summed E-state index contributed by atoms with van der Waals surface area (Å²) >= 11 is 0. The van der Waals surface area contributed by atoms with Crippen LogP contribution in [-0.4, -0.2) is 101 Å². The van der Waals surface area contributed by atoms with Gasteiger partial charge in [-0.25, -0.2) is 17.5 Å². The number of carbonyl (C=O) groups excluding carboxylic acids is 2. The molecular weight excluding hydrogens is 913 g/mol. The number of ether oxygens (including phenoxy) is 2. The molecule has 0 atom stereocenters. The Labute approximate surface area is 396 Å². The first-order valence-corrected chi connectivity index (χ1v) is 23.8. The highest BCUT2D eigenvalue weighted by Crippen LogP contribution is 2.45. The van der Waals surface area contributed by atoms with Crippen molar-refractivity contribution in [3.8, 4) is 5.75 Å². The van der Waals surface area contributed by atoms with E-state index in [9.17, 15) is 30.8 Å². The van der Waals surface area contributed by atoms with Crippen LogP contribution >= 0.6 is 0 Å². The molecule has 9 rings (SSSR count). The number of amides is 2. The van der Waals surface area contributed by atoms with Crippen molar-refractivity contribution in [3.05, 3.63) is 174 Å². The zero-order valence-electron chi connectivity index (χ0n) is 37.7. The van der Waals surface area contributed by atoms with Crippen LogP contribution in [0, 0.1) is 5.82 Å². The van der Waals surface area contributed by atoms with Crippen LogP contribution in [0.3, 0.4) is 0 Å². The number of aromatic nitrogens is 2. The van der Waals surface area contributed by atoms with Gasteiger partial charge in [0, 0.05) is 62.6 Å². The molecule has 0 bridgehead atoms. The Balaban J connectivity index is 1.28. The van der Waals surface area contributed by atoms with E-state index < -0.39 is 50.1 Å². The van der Waals surface area contributed by atoms with Crippen LogP contribution in [0.4, 0.5) is 34.8 Å². The second-order valence-electron chi connectivity index (χ2n) is 17.0. The van der Waals surface area contributed by atoms with E-state index in [1.54, 1.807) is 16.8 Å². The van der Waals surface area contributed by atoms with Gasteiger partial charge < -0.3 is 29.5 Å². The fourth-order valence-electron chi connectivity index (χ4n) is 9.36. The molecule has 2 amide bonds. The highest BCUT2D eigenvalue weighted by Gasteiger charge is 2.47. The molecule has 0 radical (unpaired) electrons. The summed E-state index contributed by atoms with van der Waals surface area (Å²) in [6, 6.07) is 39.4. The van der Waals surface area contributed by atoms with Crippen LogP contribution in [0.15, 0.2) is 155 Å². The molecule has 2 fully saturated rings. The van der Waals surface area contributed by atoms with E-state index >= 15 is 4.79 Å². The highest BCUT2D eigenvalue weighted by atomic mass is 32.2. The first kappa shape index (κ1) is 47.0. The van der Waals surface area contributed by atoms with Gasteiger partial charge in [-0.05, 0) is 85.1 Å². The van der Waals surface area contributed by atoms with Crippen LogP contribution in [0.1, 0.15) is 39.9 Å². The molecule has 0 unspecified atom stereocenters. The minimum atomic E-state index is -5.30. The number of likely N-dealkylation sites (N-methyl/N-ethyl adjacent to an activating group) is 1. The Morgan fingerprint density at radius 2 is 1.35 bits per heavy atom. The molecule has 7 aromatic rings. The van der Waals surface area contributed by atoms with Crippen molar-refractivity contribution in [2.75, 3.05) is 68.7 Å². The lowest BCUT2D eigenvalue weighted by Gasteiger charge is -2.37. The van der Waals surface area contributed by atoms with E-state index in [0.29, 0.717) is 42.3 Å². The lowest BCUT2D eigenvalue weighted by molar-refractivity contribution is -0.171. The van der Waals surface area contributed by atoms with Gasteiger partial charge in [0.1, 0.15) is 17.1 Å². The van der Waals surface area contributed by atoms with Gasteiger partial charge >= 0.3 is 12.1 Å². The maximum atomic E-state index is 15.2. The molecule has 0 saturated carbocycles. The summed E-state index contributed by atoms with van der Waals surface area (Å²) in [5, 5.41) is 8.14. The molecule has 1 aromatic heterocycles. The topological polar surface area (TPSA) is 126 Å². The number of rotatable bonds is 12. The number of nitrogens with one attached hydrogen (secondary N) is 1. The number of anilines is 3. The minimum Gasteiger partial charge on any atom is -0.497 e. The number of carbonyl (C=O) groups is 2. The zero-order valence-corrected chi connectivity index (χ0v) is 38.5. The number of hydrogen-bond acceptors (Lipinski definition) is 9. The first-order chi connectivity index (χ1) is 33.2. The average Bonchev–Trinajstić information content (AvgIpc) is 3.72. The summed E-state index contributed by atoms with van der Waals surface area (Å²) in [6.07, 6.45) is -5.12. The van der Waals surface area contributed by atoms with Crippen molar-refractivity contribution >= 4 is 49.7 Å². The number of halogens is 4. The summed E-state index contributed by atoms with van der Waals surface area (Å²) in [7, 11) is -1.22. The Kier molecular flexibility index (Phi) is 13.0. The van der Waals surface area contributed by atoms with Crippen LogP contribution in [0.5, 0.6) is 5.75 Å². The van der Waals surface area contributed by atoms with Crippen molar-refractivity contribution < 1.29 is 45.0 Å². The number of fused-ring (bicyclic) bond motifs is 1. The standard InChI is InChI=1S/C52H48F4N6O6S/c1-59-24-26-60(27-25-59)40-18-20-44(47(32-40)61(50(64)52(54,55)56)39-22-28-68-29-23-39)49(63)57-48-45-34-42(69(65,66)43-31-38(53)30-41(33-43)67-2)19-21-46(45)62(58-48)51(35-12-6-3-7-13-35,36-14-8-4-9-15-36)37-16-10-5-11-17-37/h3-21,30-34,39H,22-29H2,1-2H3,(H,57,58,63). The lowest BCUT2D eigenvalue weighted by Crippen LogP contribution is -2.50. The Hall–Kier alpha value is -7.08. The second kappa shape index (κ2) is 19.1. The SMILES string of the molecule is COc1cc(F)cc(S(=O)(=O)c2ccc3c(c2)c(NC(=O)c2ccc(N4CCN(C)CC4)cc2N(C(=O)C(F)(F)F)C2CCOCC2)nn3C(c2ccccc2)(c2ccccc2)c2ccccc2)c1. The van der Waals surface area contributed by atoms with Gasteiger partial charge in [-0.1, -0.05) is 91.0 Å². The molecular formula is C52H48F4N6O6S. The summed E-state index contributed by atoms with van der Waals surface area (Å²) in [4.78, 5) is 32.9. The van der Waals surface area contributed by atoms with Gasteiger partial charge in [0.25, 0.3) is 5.91 Å². The van der Waals surface area contributed by atoms with Crippen LogP contribution in [0.2, 0.25) is 0 Å². The van der Waals surface area contributed by atoms with Gasteiger partial charge in [0.2, 0.25) is 9.84 Å². The molecule has 0 spiro atoms. The monoisotopic (exact) mass is 960 g/mol. The number of methoxy groups -OCH3 is 1. The zero-order chi connectivity index (χ0) is 48.5. The molecule has 2 aliphatic heterocycles. The number of nitrogens with zero attached hydrogens (tertiary/aromatic N) is 5. The molecule has 69 heavy (non-hydrogen) atoms. The molecule has 6 aromatic carbocycles. The highest BCUT2D eigenvalue weighted by molar-refractivity contribution is 7.91. The van der Waals surface area contributed by atoms with E-state index in [2.05, 4.69) is 10.2 Å².